The fourth-order valence-corrected chi connectivity index (χ4v) is 6.37. The summed E-state index contributed by atoms with van der Waals surface area (Å²) < 4.78 is 5.86. The first kappa shape index (κ1) is 28.1. The van der Waals surface area contributed by atoms with Crippen molar-refractivity contribution in [2.75, 3.05) is 12.4 Å². The monoisotopic (exact) mass is 586 g/mol. The van der Waals surface area contributed by atoms with E-state index in [1.165, 1.54) is 12.0 Å². The number of amides is 2. The van der Waals surface area contributed by atoms with Gasteiger partial charge in [0.25, 0.3) is 0 Å². The summed E-state index contributed by atoms with van der Waals surface area (Å²) in [5, 5.41) is 13.5. The van der Waals surface area contributed by atoms with E-state index < -0.39 is 35.9 Å². The third kappa shape index (κ3) is 6.04. The van der Waals surface area contributed by atoms with E-state index >= 15 is 0 Å². The van der Waals surface area contributed by atoms with Crippen molar-refractivity contribution in [2.24, 2.45) is 5.92 Å². The molecule has 2 N–H and O–H groups in total. The molecule has 7 nitrogen and oxygen atoms in total. The molecule has 1 aromatic heterocycles. The average Bonchev–Trinajstić information content (AvgIpc) is 3.58. The second-order valence-electron chi connectivity index (χ2n) is 9.54. The predicted molar refractivity (Wildman–Crippen MR) is 161 cm³/mol. The lowest BCUT2D eigenvalue weighted by atomic mass is 9.78. The molecule has 0 radical (unpaired) electrons. The van der Waals surface area contributed by atoms with Gasteiger partial charge in [0, 0.05) is 11.6 Å². The molecule has 3 aromatic carbocycles. The molecule has 0 aliphatic carbocycles. The van der Waals surface area contributed by atoms with Gasteiger partial charge in [-0.1, -0.05) is 84.4 Å². The standard InChI is InChI=1S/C32H27ClN2O5S/c1-40-23-14-8-11-21(19-23)27-28(30(36)25-17-18-26(33)41-25)24(16-15-20-9-4-2-5-10-20)35(29(27)31(37)38)32(39)34-22-12-6-3-7-13-22/h2-19,24,27-29H,1H3,(H,34,39)(H,37,38). The highest BCUT2D eigenvalue weighted by Crippen LogP contribution is 2.46. The number of rotatable bonds is 8. The van der Waals surface area contributed by atoms with Crippen LogP contribution in [0.25, 0.3) is 6.08 Å². The lowest BCUT2D eigenvalue weighted by Gasteiger charge is -2.28. The normalized spacial score (nSPS) is 20.2. The van der Waals surface area contributed by atoms with Gasteiger partial charge in [-0.15, -0.1) is 11.3 Å². The molecule has 2 amide bonds. The number of hydrogen-bond donors (Lipinski definition) is 2. The average molecular weight is 587 g/mol. The van der Waals surface area contributed by atoms with Gasteiger partial charge in [0.05, 0.1) is 28.3 Å². The molecule has 2 heterocycles. The Morgan fingerprint density at radius 3 is 2.29 bits per heavy atom. The molecule has 5 rings (SSSR count). The SMILES string of the molecule is COc1cccc(C2C(C(=O)c3ccc(Cl)s3)C(C=Cc3ccccc3)N(C(=O)Nc3ccccc3)C2C(=O)O)c1. The fourth-order valence-electron chi connectivity index (χ4n) is 5.34. The number of Topliss-reactive ketones (excluding diaryl/α,β-unsaturated/α-hetero) is 1. The third-order valence-electron chi connectivity index (χ3n) is 7.11. The molecule has 1 aliphatic rings. The molecule has 41 heavy (non-hydrogen) atoms. The largest absolute Gasteiger partial charge is 0.497 e. The number of carboxylic acids is 1. The van der Waals surface area contributed by atoms with Crippen LogP contribution < -0.4 is 10.1 Å². The Hall–Kier alpha value is -4.40. The van der Waals surface area contributed by atoms with Crippen molar-refractivity contribution in [1.29, 1.82) is 0 Å². The number of urea groups is 1. The van der Waals surface area contributed by atoms with Crippen molar-refractivity contribution in [1.82, 2.24) is 4.90 Å². The number of para-hydroxylation sites is 1. The molecule has 4 aromatic rings. The summed E-state index contributed by atoms with van der Waals surface area (Å²) in [6.07, 6.45) is 3.55. The number of ether oxygens (including phenoxy) is 1. The Balaban J connectivity index is 1.69. The van der Waals surface area contributed by atoms with Crippen LogP contribution in [-0.2, 0) is 4.79 Å². The first-order valence-electron chi connectivity index (χ1n) is 12.9. The highest BCUT2D eigenvalue weighted by molar-refractivity contribution is 7.18. The van der Waals surface area contributed by atoms with Crippen molar-refractivity contribution in [3.63, 3.8) is 0 Å². The number of nitrogens with zero attached hydrogens (tertiary/aromatic N) is 1. The quantitative estimate of drug-likeness (QED) is 0.215. The number of carbonyl (C=O) groups is 3. The molecule has 208 valence electrons. The van der Waals surface area contributed by atoms with Crippen molar-refractivity contribution in [3.8, 4) is 5.75 Å². The minimum Gasteiger partial charge on any atom is -0.497 e. The molecule has 1 saturated heterocycles. The Morgan fingerprint density at radius 2 is 1.66 bits per heavy atom. The van der Waals surface area contributed by atoms with Crippen molar-refractivity contribution < 1.29 is 24.2 Å². The highest BCUT2D eigenvalue weighted by Gasteiger charge is 2.56. The van der Waals surface area contributed by atoms with E-state index in [2.05, 4.69) is 5.32 Å². The summed E-state index contributed by atoms with van der Waals surface area (Å²) >= 11 is 7.32. The molecular weight excluding hydrogens is 560 g/mol. The molecule has 9 heteroatoms. The van der Waals surface area contributed by atoms with Gasteiger partial charge in [0.15, 0.2) is 5.78 Å². The fraction of sp³-hybridized carbons (Fsp3) is 0.156. The van der Waals surface area contributed by atoms with Gasteiger partial charge >= 0.3 is 12.0 Å². The van der Waals surface area contributed by atoms with Crippen LogP contribution in [0.4, 0.5) is 10.5 Å². The van der Waals surface area contributed by atoms with Gasteiger partial charge in [-0.25, -0.2) is 9.59 Å². The zero-order valence-electron chi connectivity index (χ0n) is 22.0. The molecule has 4 unspecified atom stereocenters. The van der Waals surface area contributed by atoms with Crippen LogP contribution in [0.15, 0.2) is 103 Å². The maximum atomic E-state index is 14.3. The zero-order valence-corrected chi connectivity index (χ0v) is 23.6. The van der Waals surface area contributed by atoms with Crippen LogP contribution in [0.5, 0.6) is 5.75 Å². The van der Waals surface area contributed by atoms with Gasteiger partial charge in [0.1, 0.15) is 11.8 Å². The highest BCUT2D eigenvalue weighted by atomic mass is 35.5. The summed E-state index contributed by atoms with van der Waals surface area (Å²) in [5.74, 6) is -2.82. The van der Waals surface area contributed by atoms with E-state index in [9.17, 15) is 19.5 Å². The minimum atomic E-state index is -1.36. The number of halogens is 1. The molecule has 1 fully saturated rings. The number of likely N-dealkylation sites (tertiary alicyclic amines) is 1. The first-order chi connectivity index (χ1) is 19.9. The lowest BCUT2D eigenvalue weighted by molar-refractivity contribution is -0.141. The topological polar surface area (TPSA) is 95.9 Å². The van der Waals surface area contributed by atoms with E-state index in [0.717, 1.165) is 16.9 Å². The van der Waals surface area contributed by atoms with Gasteiger partial charge in [0.2, 0.25) is 0 Å². The van der Waals surface area contributed by atoms with E-state index in [4.69, 9.17) is 16.3 Å². The molecule has 0 spiro atoms. The Morgan fingerprint density at radius 1 is 0.951 bits per heavy atom. The molecule has 0 saturated carbocycles. The number of aliphatic carboxylic acids is 1. The number of nitrogens with one attached hydrogen (secondary N) is 1. The van der Waals surface area contributed by atoms with E-state index in [0.29, 0.717) is 26.2 Å². The van der Waals surface area contributed by atoms with Gasteiger partial charge < -0.3 is 20.1 Å². The molecule has 0 bridgehead atoms. The van der Waals surface area contributed by atoms with Crippen molar-refractivity contribution >= 4 is 52.5 Å². The number of benzene rings is 3. The van der Waals surface area contributed by atoms with Gasteiger partial charge in [-0.3, -0.25) is 4.79 Å². The number of thiophene rings is 1. The number of ketones is 1. The van der Waals surface area contributed by atoms with E-state index in [1.807, 2.05) is 42.5 Å². The summed E-state index contributed by atoms with van der Waals surface area (Å²) in [6, 6.07) is 25.6. The molecular formula is C32H27ClN2O5S. The zero-order chi connectivity index (χ0) is 28.9. The predicted octanol–water partition coefficient (Wildman–Crippen LogP) is 7.08. The molecule has 1 aliphatic heterocycles. The number of carboxylic acid groups (broad SMARTS) is 1. The maximum absolute atomic E-state index is 14.3. The van der Waals surface area contributed by atoms with Gasteiger partial charge in [-0.2, -0.15) is 0 Å². The van der Waals surface area contributed by atoms with Gasteiger partial charge in [-0.05, 0) is 47.5 Å². The number of anilines is 1. The summed E-state index contributed by atoms with van der Waals surface area (Å²) in [6.45, 7) is 0. The summed E-state index contributed by atoms with van der Waals surface area (Å²) in [7, 11) is 1.52. The van der Waals surface area contributed by atoms with Crippen LogP contribution in [0, 0.1) is 5.92 Å². The Bertz CT molecular complexity index is 1570. The Kier molecular flexibility index (Phi) is 8.52. The third-order valence-corrected chi connectivity index (χ3v) is 8.36. The first-order valence-corrected chi connectivity index (χ1v) is 14.1. The van der Waals surface area contributed by atoms with Crippen LogP contribution in [-0.4, -0.2) is 47.0 Å². The second kappa shape index (κ2) is 12.4. The van der Waals surface area contributed by atoms with Crippen LogP contribution in [0.1, 0.15) is 26.7 Å². The maximum Gasteiger partial charge on any atom is 0.327 e. The van der Waals surface area contributed by atoms with E-state index in [1.54, 1.807) is 66.7 Å². The minimum absolute atomic E-state index is 0.293. The number of hydrogen-bond acceptors (Lipinski definition) is 5. The van der Waals surface area contributed by atoms with Crippen LogP contribution in [0.3, 0.4) is 0 Å². The van der Waals surface area contributed by atoms with Crippen molar-refractivity contribution in [3.05, 3.63) is 123 Å². The lowest BCUT2D eigenvalue weighted by Crippen LogP contribution is -2.48. The smallest absolute Gasteiger partial charge is 0.327 e. The van der Waals surface area contributed by atoms with Crippen LogP contribution in [0.2, 0.25) is 4.34 Å². The summed E-state index contributed by atoms with van der Waals surface area (Å²) in [4.78, 5) is 42.9. The summed E-state index contributed by atoms with van der Waals surface area (Å²) in [5.41, 5.74) is 1.93. The Labute approximate surface area is 246 Å². The van der Waals surface area contributed by atoms with E-state index in [-0.39, 0.29) is 5.78 Å². The molecule has 4 atom stereocenters. The number of methoxy groups -OCH3 is 1. The van der Waals surface area contributed by atoms with Crippen molar-refractivity contribution in [2.45, 2.75) is 18.0 Å². The number of carbonyl (C=O) groups excluding carboxylic acids is 2. The van der Waals surface area contributed by atoms with Crippen LogP contribution >= 0.6 is 22.9 Å². The second-order valence-corrected chi connectivity index (χ2v) is 11.3.